The second-order valence-corrected chi connectivity index (χ2v) is 7.02. The van der Waals surface area contributed by atoms with E-state index < -0.39 is 0 Å². The maximum Gasteiger partial charge on any atom is 0.220 e. The number of carbonyl (C=O) groups is 1. The summed E-state index contributed by atoms with van der Waals surface area (Å²) in [5, 5.41) is 3.22. The highest BCUT2D eigenvalue weighted by Gasteiger charge is 2.38. The van der Waals surface area contributed by atoms with Crippen LogP contribution in [0.15, 0.2) is 24.5 Å². The van der Waals surface area contributed by atoms with Crippen molar-refractivity contribution in [3.8, 4) is 0 Å². The molecule has 1 aromatic rings. The topological polar surface area (TPSA) is 54.5 Å². The first-order chi connectivity index (χ1) is 11.8. The zero-order valence-corrected chi connectivity index (χ0v) is 14.5. The first-order valence-corrected chi connectivity index (χ1v) is 9.27. The van der Waals surface area contributed by atoms with Crippen molar-refractivity contribution in [2.75, 3.05) is 32.8 Å². The van der Waals surface area contributed by atoms with Crippen molar-refractivity contribution in [1.82, 2.24) is 15.2 Å². The lowest BCUT2D eigenvalue weighted by Crippen LogP contribution is -2.59. The van der Waals surface area contributed by atoms with Crippen LogP contribution in [0.25, 0.3) is 0 Å². The number of amides is 1. The largest absolute Gasteiger partial charge is 0.379 e. The molecule has 0 aromatic carbocycles. The smallest absolute Gasteiger partial charge is 0.220 e. The van der Waals surface area contributed by atoms with Gasteiger partial charge in [0.05, 0.1) is 13.2 Å². The van der Waals surface area contributed by atoms with E-state index in [0.29, 0.717) is 6.42 Å². The fourth-order valence-electron chi connectivity index (χ4n) is 4.01. The summed E-state index contributed by atoms with van der Waals surface area (Å²) in [6.07, 6.45) is 11.1. The van der Waals surface area contributed by atoms with Gasteiger partial charge in [0.15, 0.2) is 0 Å². The number of aryl methyl sites for hydroxylation is 1. The van der Waals surface area contributed by atoms with E-state index in [1.807, 2.05) is 18.3 Å². The molecule has 0 radical (unpaired) electrons. The van der Waals surface area contributed by atoms with Gasteiger partial charge in [-0.25, -0.2) is 0 Å². The van der Waals surface area contributed by atoms with E-state index >= 15 is 0 Å². The molecule has 5 nitrogen and oxygen atoms in total. The van der Waals surface area contributed by atoms with Crippen molar-refractivity contribution in [2.24, 2.45) is 0 Å². The van der Waals surface area contributed by atoms with Crippen molar-refractivity contribution < 1.29 is 9.53 Å². The number of hydrogen-bond acceptors (Lipinski definition) is 4. The molecule has 3 rings (SSSR count). The third-order valence-electron chi connectivity index (χ3n) is 5.44. The van der Waals surface area contributed by atoms with Crippen molar-refractivity contribution in [3.63, 3.8) is 0 Å². The summed E-state index contributed by atoms with van der Waals surface area (Å²) in [7, 11) is 0. The minimum absolute atomic E-state index is 0.145. The van der Waals surface area contributed by atoms with Crippen LogP contribution in [0.4, 0.5) is 0 Å². The Morgan fingerprint density at radius 1 is 1.25 bits per heavy atom. The number of nitrogens with one attached hydrogen (secondary N) is 1. The second-order valence-electron chi connectivity index (χ2n) is 7.02. The average molecular weight is 331 g/mol. The number of carbonyl (C=O) groups excluding carboxylic acids is 1. The first kappa shape index (κ1) is 17.4. The number of aromatic nitrogens is 1. The minimum atomic E-state index is 0.145. The van der Waals surface area contributed by atoms with Gasteiger partial charge >= 0.3 is 0 Å². The van der Waals surface area contributed by atoms with E-state index in [1.165, 1.54) is 32.1 Å². The molecule has 1 aliphatic carbocycles. The molecular formula is C19H29N3O2. The summed E-state index contributed by atoms with van der Waals surface area (Å²) >= 11 is 0. The quantitative estimate of drug-likeness (QED) is 0.868. The molecule has 0 unspecified atom stereocenters. The monoisotopic (exact) mass is 331 g/mol. The number of nitrogens with zero attached hydrogens (tertiary/aromatic N) is 2. The van der Waals surface area contributed by atoms with E-state index in [-0.39, 0.29) is 11.4 Å². The fourth-order valence-corrected chi connectivity index (χ4v) is 4.01. The summed E-state index contributed by atoms with van der Waals surface area (Å²) in [5.41, 5.74) is 1.26. The highest BCUT2D eigenvalue weighted by Crippen LogP contribution is 2.33. The molecular weight excluding hydrogens is 302 g/mol. The maximum absolute atomic E-state index is 12.3. The number of hydrogen-bond donors (Lipinski definition) is 1. The molecule has 2 aliphatic rings. The van der Waals surface area contributed by atoms with Crippen molar-refractivity contribution >= 4 is 5.91 Å². The number of ether oxygens (including phenoxy) is 1. The summed E-state index contributed by atoms with van der Waals surface area (Å²) < 4.78 is 5.51. The molecule has 0 bridgehead atoms. The number of rotatable bonds is 6. The number of pyridine rings is 1. The molecule has 132 valence electrons. The van der Waals surface area contributed by atoms with Crippen LogP contribution in [0, 0.1) is 0 Å². The van der Waals surface area contributed by atoms with Gasteiger partial charge in [-0.05, 0) is 30.9 Å². The lowest BCUT2D eigenvalue weighted by Gasteiger charge is -2.48. The zero-order chi connectivity index (χ0) is 16.7. The van der Waals surface area contributed by atoms with Gasteiger partial charge in [-0.3, -0.25) is 14.7 Å². The molecule has 5 heteroatoms. The molecule has 2 fully saturated rings. The summed E-state index contributed by atoms with van der Waals surface area (Å²) in [6.45, 7) is 4.39. The second kappa shape index (κ2) is 8.58. The third-order valence-corrected chi connectivity index (χ3v) is 5.44. The van der Waals surface area contributed by atoms with Gasteiger partial charge in [0.2, 0.25) is 5.91 Å². The molecule has 1 saturated carbocycles. The highest BCUT2D eigenvalue weighted by atomic mass is 16.5. The summed E-state index contributed by atoms with van der Waals surface area (Å²) in [6, 6.07) is 3.94. The Morgan fingerprint density at radius 2 is 2.04 bits per heavy atom. The molecule has 0 atom stereocenters. The van der Waals surface area contributed by atoms with E-state index in [4.69, 9.17) is 4.74 Å². The Kier molecular flexibility index (Phi) is 6.21. The summed E-state index contributed by atoms with van der Waals surface area (Å²) in [4.78, 5) is 19.0. The molecule has 1 saturated heterocycles. The van der Waals surface area contributed by atoms with Crippen LogP contribution in [0.5, 0.6) is 0 Å². The Labute approximate surface area is 144 Å². The van der Waals surface area contributed by atoms with Gasteiger partial charge in [-0.2, -0.15) is 0 Å². The first-order valence-electron chi connectivity index (χ1n) is 9.27. The summed E-state index contributed by atoms with van der Waals surface area (Å²) in [5.74, 6) is 0.150. The van der Waals surface area contributed by atoms with E-state index in [2.05, 4.69) is 15.2 Å². The lowest BCUT2D eigenvalue weighted by molar-refractivity contribution is -0.122. The molecule has 2 heterocycles. The van der Waals surface area contributed by atoms with E-state index in [1.54, 1.807) is 6.20 Å². The normalized spacial score (nSPS) is 21.3. The fraction of sp³-hybridized carbons (Fsp3) is 0.684. The van der Waals surface area contributed by atoms with Crippen LogP contribution in [0.1, 0.15) is 44.1 Å². The Bertz CT molecular complexity index is 509. The van der Waals surface area contributed by atoms with Crippen LogP contribution in [0.3, 0.4) is 0 Å². The zero-order valence-electron chi connectivity index (χ0n) is 14.5. The third kappa shape index (κ3) is 4.54. The molecule has 1 amide bonds. The van der Waals surface area contributed by atoms with Crippen LogP contribution in [0.2, 0.25) is 0 Å². The predicted octanol–water partition coefficient (Wildman–Crippen LogP) is 2.17. The van der Waals surface area contributed by atoms with Crippen molar-refractivity contribution in [2.45, 2.75) is 50.5 Å². The number of morpholine rings is 1. The van der Waals surface area contributed by atoms with Crippen molar-refractivity contribution in [1.29, 1.82) is 0 Å². The van der Waals surface area contributed by atoms with E-state index in [9.17, 15) is 4.79 Å². The van der Waals surface area contributed by atoms with Crippen LogP contribution in [-0.2, 0) is 16.0 Å². The molecule has 0 spiro atoms. The standard InChI is InChI=1S/C19H29N3O2/c23-18(7-6-17-5-4-10-20-15-17)21-16-19(8-2-1-3-9-19)22-11-13-24-14-12-22/h4-5,10,15H,1-3,6-9,11-14,16H2,(H,21,23). The van der Waals surface area contributed by atoms with E-state index in [0.717, 1.165) is 44.8 Å². The Balaban J connectivity index is 1.52. The van der Waals surface area contributed by atoms with Gasteiger partial charge in [-0.15, -0.1) is 0 Å². The van der Waals surface area contributed by atoms with Gasteiger partial charge in [-0.1, -0.05) is 25.3 Å². The Morgan fingerprint density at radius 3 is 2.75 bits per heavy atom. The van der Waals surface area contributed by atoms with Gasteiger partial charge in [0, 0.05) is 44.0 Å². The molecule has 1 aliphatic heterocycles. The minimum Gasteiger partial charge on any atom is -0.379 e. The highest BCUT2D eigenvalue weighted by molar-refractivity contribution is 5.76. The average Bonchev–Trinajstić information content (AvgIpc) is 2.67. The molecule has 1 N–H and O–H groups in total. The maximum atomic E-state index is 12.3. The van der Waals surface area contributed by atoms with Crippen LogP contribution < -0.4 is 5.32 Å². The van der Waals surface area contributed by atoms with Crippen LogP contribution >= 0.6 is 0 Å². The predicted molar refractivity (Wildman–Crippen MR) is 93.8 cm³/mol. The SMILES string of the molecule is O=C(CCc1cccnc1)NCC1(N2CCOCC2)CCCCC1. The van der Waals surface area contributed by atoms with Gasteiger partial charge in [0.1, 0.15) is 0 Å². The van der Waals surface area contributed by atoms with Crippen molar-refractivity contribution in [3.05, 3.63) is 30.1 Å². The Hall–Kier alpha value is -1.46. The molecule has 1 aromatic heterocycles. The van der Waals surface area contributed by atoms with Gasteiger partial charge in [0.25, 0.3) is 0 Å². The lowest BCUT2D eigenvalue weighted by atomic mass is 9.79. The molecule has 24 heavy (non-hydrogen) atoms. The van der Waals surface area contributed by atoms with Crippen LogP contribution in [-0.4, -0.2) is 54.2 Å². The van der Waals surface area contributed by atoms with Gasteiger partial charge < -0.3 is 10.1 Å².